The van der Waals surface area contributed by atoms with E-state index >= 15 is 0 Å². The van der Waals surface area contributed by atoms with E-state index in [0.29, 0.717) is 19.6 Å². The first kappa shape index (κ1) is 24.1. The van der Waals surface area contributed by atoms with Crippen LogP contribution in [0.1, 0.15) is 29.8 Å². The molecule has 1 aliphatic heterocycles. The van der Waals surface area contributed by atoms with Crippen LogP contribution >= 0.6 is 0 Å². The molecule has 1 saturated heterocycles. The smallest absolute Gasteiger partial charge is 0.338 e. The maximum absolute atomic E-state index is 13.2. The molecule has 0 bridgehead atoms. The first-order valence-corrected chi connectivity index (χ1v) is 10.5. The minimum atomic E-state index is -0.706. The summed E-state index contributed by atoms with van der Waals surface area (Å²) in [7, 11) is 1.18. The number of piperazine rings is 1. The number of nitrogens with zero attached hydrogens (tertiary/aromatic N) is 3. The molecule has 9 nitrogen and oxygen atoms in total. The number of amides is 1. The molecule has 1 aliphatic rings. The zero-order valence-electron chi connectivity index (χ0n) is 18.7. The second-order valence-electron chi connectivity index (χ2n) is 8.02. The van der Waals surface area contributed by atoms with Crippen molar-refractivity contribution in [3.8, 4) is 5.75 Å². The average molecular weight is 459 g/mol. The fourth-order valence-electron chi connectivity index (χ4n) is 3.84. The molecule has 176 valence electrons. The fraction of sp³-hybridized carbons (Fsp3) is 0.391. The minimum Gasteiger partial charge on any atom is -0.477 e. The van der Waals surface area contributed by atoms with Crippen molar-refractivity contribution in [1.82, 2.24) is 9.80 Å². The van der Waals surface area contributed by atoms with Crippen molar-refractivity contribution in [3.05, 3.63) is 69.5 Å². The van der Waals surface area contributed by atoms with E-state index in [1.165, 1.54) is 31.4 Å². The van der Waals surface area contributed by atoms with Crippen molar-refractivity contribution in [2.45, 2.75) is 32.5 Å². The van der Waals surface area contributed by atoms with Crippen LogP contribution in [0.2, 0.25) is 0 Å². The molecule has 2 atom stereocenters. The number of methoxy groups -OCH3 is 1. The maximum Gasteiger partial charge on any atom is 0.338 e. The number of halogens is 1. The van der Waals surface area contributed by atoms with Crippen molar-refractivity contribution >= 4 is 17.6 Å². The van der Waals surface area contributed by atoms with Gasteiger partial charge in [0.1, 0.15) is 5.82 Å². The molecule has 1 fully saturated rings. The third-order valence-electron chi connectivity index (χ3n) is 5.66. The molecule has 33 heavy (non-hydrogen) atoms. The lowest BCUT2D eigenvalue weighted by atomic mass is 10.1. The fourth-order valence-corrected chi connectivity index (χ4v) is 3.84. The molecule has 3 rings (SSSR count). The topological polar surface area (TPSA) is 102 Å². The molecule has 10 heteroatoms. The molecule has 0 aromatic heterocycles. The van der Waals surface area contributed by atoms with Crippen LogP contribution in [-0.2, 0) is 16.1 Å². The van der Waals surface area contributed by atoms with Crippen LogP contribution in [0.25, 0.3) is 0 Å². The molecule has 0 N–H and O–H groups in total. The van der Waals surface area contributed by atoms with Gasteiger partial charge >= 0.3 is 11.7 Å². The van der Waals surface area contributed by atoms with Gasteiger partial charge in [-0.05, 0) is 43.7 Å². The number of esters is 1. The highest BCUT2D eigenvalue weighted by molar-refractivity contribution is 5.90. The Balaban J connectivity index is 1.62. The number of hydrogen-bond donors (Lipinski definition) is 0. The minimum absolute atomic E-state index is 0.0163. The normalized spacial score (nSPS) is 18.6. The third-order valence-corrected chi connectivity index (χ3v) is 5.66. The molecular weight excluding hydrogens is 433 g/mol. The Hall–Kier alpha value is -3.53. The molecule has 1 heterocycles. The van der Waals surface area contributed by atoms with E-state index in [1.54, 1.807) is 17.0 Å². The van der Waals surface area contributed by atoms with Crippen LogP contribution in [0.3, 0.4) is 0 Å². The van der Waals surface area contributed by atoms with E-state index in [9.17, 15) is 24.1 Å². The lowest BCUT2D eigenvalue weighted by Crippen LogP contribution is -2.58. The van der Waals surface area contributed by atoms with Gasteiger partial charge in [0.15, 0.2) is 12.4 Å². The molecule has 2 unspecified atom stereocenters. The monoisotopic (exact) mass is 459 g/mol. The number of nitro benzene ring substituents is 1. The summed E-state index contributed by atoms with van der Waals surface area (Å²) in [4.78, 5) is 39.1. The van der Waals surface area contributed by atoms with Crippen LogP contribution in [0.4, 0.5) is 10.1 Å². The summed E-state index contributed by atoms with van der Waals surface area (Å²) in [5, 5.41) is 11.4. The summed E-state index contributed by atoms with van der Waals surface area (Å²) in [5.74, 6) is -1.38. The highest BCUT2D eigenvalue weighted by Crippen LogP contribution is 2.28. The summed E-state index contributed by atoms with van der Waals surface area (Å²) < 4.78 is 23.2. The number of rotatable bonds is 7. The van der Waals surface area contributed by atoms with Gasteiger partial charge in [0.25, 0.3) is 5.91 Å². The number of ether oxygens (including phenoxy) is 2. The largest absolute Gasteiger partial charge is 0.477 e. The Morgan fingerprint density at radius 2 is 1.82 bits per heavy atom. The van der Waals surface area contributed by atoms with Gasteiger partial charge in [-0.3, -0.25) is 19.8 Å². The number of nitro groups is 1. The van der Waals surface area contributed by atoms with Crippen molar-refractivity contribution in [3.63, 3.8) is 0 Å². The Morgan fingerprint density at radius 1 is 1.12 bits per heavy atom. The number of carbonyl (C=O) groups excluding carboxylic acids is 2. The number of carbonyl (C=O) groups is 2. The first-order valence-electron chi connectivity index (χ1n) is 10.5. The molecule has 0 radical (unpaired) electrons. The number of hydrogen-bond acceptors (Lipinski definition) is 7. The predicted molar refractivity (Wildman–Crippen MR) is 117 cm³/mol. The average Bonchev–Trinajstić information content (AvgIpc) is 2.80. The van der Waals surface area contributed by atoms with E-state index in [0.717, 1.165) is 11.6 Å². The van der Waals surface area contributed by atoms with Crippen LogP contribution < -0.4 is 4.74 Å². The summed E-state index contributed by atoms with van der Waals surface area (Å²) >= 11 is 0. The zero-order valence-corrected chi connectivity index (χ0v) is 18.7. The summed E-state index contributed by atoms with van der Waals surface area (Å²) in [6.45, 7) is 5.30. The summed E-state index contributed by atoms with van der Waals surface area (Å²) in [6.07, 6.45) is 0. The van der Waals surface area contributed by atoms with Gasteiger partial charge in [-0.2, -0.15) is 0 Å². The van der Waals surface area contributed by atoms with E-state index in [4.69, 9.17) is 4.74 Å². The molecule has 2 aromatic rings. The SMILES string of the molecule is COC(=O)c1ccc(OCC(=O)N2CC(C)N(Cc3ccc(F)cc3)CC2C)c([N+](=O)[O-])c1. The standard InChI is InChI=1S/C23H26FN3O6/c1-15-12-26(16(2)11-25(15)13-17-4-7-19(24)8-5-17)22(28)14-33-21-9-6-18(23(29)32-3)10-20(21)27(30)31/h4-10,15-16H,11-14H2,1-3H3. The molecule has 2 aromatic carbocycles. The maximum atomic E-state index is 13.2. The molecule has 0 saturated carbocycles. The van der Waals surface area contributed by atoms with Gasteiger partial charge in [-0.15, -0.1) is 0 Å². The summed E-state index contributed by atoms with van der Waals surface area (Å²) in [5.41, 5.74) is 0.583. The quantitative estimate of drug-likeness (QED) is 0.356. The van der Waals surface area contributed by atoms with E-state index in [2.05, 4.69) is 9.64 Å². The Bertz CT molecular complexity index is 1030. The molecule has 0 spiro atoms. The highest BCUT2D eigenvalue weighted by atomic mass is 19.1. The molecule has 1 amide bonds. The van der Waals surface area contributed by atoms with Crippen molar-refractivity contribution < 1.29 is 28.4 Å². The second-order valence-corrected chi connectivity index (χ2v) is 8.02. The van der Waals surface area contributed by atoms with Crippen molar-refractivity contribution in [1.29, 1.82) is 0 Å². The van der Waals surface area contributed by atoms with Gasteiger partial charge in [-0.25, -0.2) is 9.18 Å². The Morgan fingerprint density at radius 3 is 2.45 bits per heavy atom. The third kappa shape index (κ3) is 5.83. The lowest BCUT2D eigenvalue weighted by molar-refractivity contribution is -0.385. The van der Waals surface area contributed by atoms with Crippen LogP contribution in [0, 0.1) is 15.9 Å². The number of benzene rings is 2. The molecular formula is C23H26FN3O6. The lowest BCUT2D eigenvalue weighted by Gasteiger charge is -2.44. The predicted octanol–water partition coefficient (Wildman–Crippen LogP) is 3.02. The van der Waals surface area contributed by atoms with Crippen molar-refractivity contribution in [2.24, 2.45) is 0 Å². The van der Waals surface area contributed by atoms with Gasteiger partial charge in [-0.1, -0.05) is 12.1 Å². The Kier molecular flexibility index (Phi) is 7.59. The van der Waals surface area contributed by atoms with Crippen LogP contribution in [0.5, 0.6) is 5.75 Å². The van der Waals surface area contributed by atoms with Crippen molar-refractivity contribution in [2.75, 3.05) is 26.8 Å². The van der Waals surface area contributed by atoms with E-state index in [1.807, 2.05) is 13.8 Å². The van der Waals surface area contributed by atoms with E-state index < -0.39 is 16.6 Å². The van der Waals surface area contributed by atoms with Gasteiger partial charge < -0.3 is 14.4 Å². The first-order chi connectivity index (χ1) is 15.7. The van der Waals surface area contributed by atoms with Crippen LogP contribution in [-0.4, -0.2) is 65.5 Å². The van der Waals surface area contributed by atoms with Crippen LogP contribution in [0.15, 0.2) is 42.5 Å². The summed E-state index contributed by atoms with van der Waals surface area (Å²) in [6, 6.07) is 9.99. The van der Waals surface area contributed by atoms with Gasteiger partial charge in [0, 0.05) is 37.8 Å². The second kappa shape index (κ2) is 10.4. The highest BCUT2D eigenvalue weighted by Gasteiger charge is 2.32. The van der Waals surface area contributed by atoms with Gasteiger partial charge in [0.05, 0.1) is 17.6 Å². The Labute approximate surface area is 190 Å². The molecule has 0 aliphatic carbocycles. The zero-order chi connectivity index (χ0) is 24.1. The van der Waals surface area contributed by atoms with Gasteiger partial charge in [0.2, 0.25) is 0 Å². The van der Waals surface area contributed by atoms with E-state index in [-0.39, 0.29) is 41.7 Å².